The van der Waals surface area contributed by atoms with Crippen molar-refractivity contribution in [3.05, 3.63) is 41.9 Å². The molecule has 29 heavy (non-hydrogen) atoms. The van der Waals surface area contributed by atoms with Gasteiger partial charge in [-0.3, -0.25) is 4.90 Å². The van der Waals surface area contributed by atoms with Crippen molar-refractivity contribution < 1.29 is 18.3 Å². The second kappa shape index (κ2) is 9.71. The van der Waals surface area contributed by atoms with Gasteiger partial charge in [0.1, 0.15) is 18.2 Å². The lowest BCUT2D eigenvalue weighted by Crippen LogP contribution is -2.40. The van der Waals surface area contributed by atoms with E-state index in [1.807, 2.05) is 24.3 Å². The number of hydrogen-bond acceptors (Lipinski definition) is 6. The van der Waals surface area contributed by atoms with Crippen LogP contribution < -0.4 is 9.46 Å². The van der Waals surface area contributed by atoms with E-state index < -0.39 is 10.0 Å². The van der Waals surface area contributed by atoms with E-state index in [0.29, 0.717) is 19.0 Å². The fraction of sp³-hybridized carbons (Fsp3) is 0.550. The minimum Gasteiger partial charge on any atom is -0.491 e. The standard InChI is InChI=1S/C20H30N4O4S/c1-16-22-20(15-23(16)2)29(26,27)21-12-18-4-3-9-24(14-18)13-17-5-7-19(8-6-17)28-11-10-25/h5-8,15,18,21,25H,3-4,9-14H2,1-2H3/t18-/m0/s1. The van der Waals surface area contributed by atoms with Gasteiger partial charge in [0.15, 0.2) is 5.03 Å². The van der Waals surface area contributed by atoms with Gasteiger partial charge < -0.3 is 14.4 Å². The fourth-order valence-electron chi connectivity index (χ4n) is 3.53. The van der Waals surface area contributed by atoms with Gasteiger partial charge in [-0.25, -0.2) is 18.1 Å². The number of aliphatic hydroxyl groups is 1. The van der Waals surface area contributed by atoms with E-state index in [2.05, 4.69) is 14.6 Å². The second-order valence-electron chi connectivity index (χ2n) is 7.55. The number of hydrogen-bond donors (Lipinski definition) is 2. The van der Waals surface area contributed by atoms with Crippen molar-refractivity contribution in [1.29, 1.82) is 0 Å². The molecule has 160 valence electrons. The van der Waals surface area contributed by atoms with Crippen molar-refractivity contribution in [3.8, 4) is 5.75 Å². The third kappa shape index (κ3) is 6.02. The number of benzene rings is 1. The molecular weight excluding hydrogens is 392 g/mol. The molecule has 3 rings (SSSR count). The van der Waals surface area contributed by atoms with E-state index in [9.17, 15) is 8.42 Å². The molecule has 0 amide bonds. The molecule has 1 saturated heterocycles. The number of nitrogens with zero attached hydrogens (tertiary/aromatic N) is 3. The van der Waals surface area contributed by atoms with Crippen molar-refractivity contribution >= 4 is 10.0 Å². The van der Waals surface area contributed by atoms with Gasteiger partial charge in [0.25, 0.3) is 10.0 Å². The van der Waals surface area contributed by atoms with Crippen molar-refractivity contribution in [2.45, 2.75) is 31.3 Å². The van der Waals surface area contributed by atoms with Crippen LogP contribution in [-0.2, 0) is 23.6 Å². The zero-order valence-corrected chi connectivity index (χ0v) is 17.9. The molecule has 1 fully saturated rings. The van der Waals surface area contributed by atoms with E-state index in [0.717, 1.165) is 38.2 Å². The van der Waals surface area contributed by atoms with E-state index in [1.54, 1.807) is 24.7 Å². The van der Waals surface area contributed by atoms with Crippen molar-refractivity contribution in [1.82, 2.24) is 19.2 Å². The summed E-state index contributed by atoms with van der Waals surface area (Å²) >= 11 is 0. The Kier molecular flexibility index (Phi) is 7.28. The highest BCUT2D eigenvalue weighted by Crippen LogP contribution is 2.20. The van der Waals surface area contributed by atoms with E-state index in [4.69, 9.17) is 9.84 Å². The molecule has 0 radical (unpaired) electrons. The third-order valence-electron chi connectivity index (χ3n) is 5.22. The molecule has 9 heteroatoms. The van der Waals surface area contributed by atoms with Gasteiger partial charge in [0, 0.05) is 32.9 Å². The number of rotatable bonds is 9. The minimum atomic E-state index is -3.58. The lowest BCUT2D eigenvalue weighted by Gasteiger charge is -2.32. The van der Waals surface area contributed by atoms with Gasteiger partial charge in [-0.2, -0.15) is 0 Å². The van der Waals surface area contributed by atoms with Crippen LogP contribution in [0, 0.1) is 12.8 Å². The average molecular weight is 423 g/mol. The minimum absolute atomic E-state index is 0.000610. The molecule has 2 heterocycles. The first-order chi connectivity index (χ1) is 13.9. The van der Waals surface area contributed by atoms with Crippen LogP contribution in [0.15, 0.2) is 35.5 Å². The van der Waals surface area contributed by atoms with Gasteiger partial charge in [0.2, 0.25) is 0 Å². The van der Waals surface area contributed by atoms with Gasteiger partial charge >= 0.3 is 0 Å². The zero-order chi connectivity index (χ0) is 20.9. The summed E-state index contributed by atoms with van der Waals surface area (Å²) in [5, 5.41) is 8.89. The predicted molar refractivity (Wildman–Crippen MR) is 110 cm³/mol. The first-order valence-corrected chi connectivity index (χ1v) is 11.4. The number of likely N-dealkylation sites (tertiary alicyclic amines) is 1. The Bertz CT molecular complexity index is 876. The van der Waals surface area contributed by atoms with Gasteiger partial charge in [-0.15, -0.1) is 0 Å². The number of imidazole rings is 1. The highest BCUT2D eigenvalue weighted by atomic mass is 32.2. The molecule has 0 saturated carbocycles. The molecule has 1 aliphatic rings. The number of aryl methyl sites for hydroxylation is 2. The highest BCUT2D eigenvalue weighted by molar-refractivity contribution is 7.89. The highest BCUT2D eigenvalue weighted by Gasteiger charge is 2.24. The molecular formula is C20H30N4O4S. The van der Waals surface area contributed by atoms with Crippen LogP contribution in [0.2, 0.25) is 0 Å². The Morgan fingerprint density at radius 2 is 2.07 bits per heavy atom. The van der Waals surface area contributed by atoms with E-state index in [-0.39, 0.29) is 17.6 Å². The molecule has 1 atom stereocenters. The van der Waals surface area contributed by atoms with Crippen LogP contribution in [0.3, 0.4) is 0 Å². The average Bonchev–Trinajstić information content (AvgIpc) is 3.06. The quantitative estimate of drug-likeness (QED) is 0.632. The van der Waals surface area contributed by atoms with Gasteiger partial charge in [-0.05, 0) is 49.9 Å². The molecule has 1 aromatic carbocycles. The smallest absolute Gasteiger partial charge is 0.259 e. The lowest BCUT2D eigenvalue weighted by molar-refractivity contribution is 0.168. The third-order valence-corrected chi connectivity index (χ3v) is 6.51. The van der Waals surface area contributed by atoms with Crippen LogP contribution in [0.25, 0.3) is 0 Å². The number of nitrogens with one attached hydrogen (secondary N) is 1. The van der Waals surface area contributed by atoms with Gasteiger partial charge in [-0.1, -0.05) is 12.1 Å². The molecule has 8 nitrogen and oxygen atoms in total. The molecule has 2 N–H and O–H groups in total. The Morgan fingerprint density at radius 1 is 1.31 bits per heavy atom. The fourth-order valence-corrected chi connectivity index (χ4v) is 4.68. The molecule has 0 bridgehead atoms. The summed E-state index contributed by atoms with van der Waals surface area (Å²) in [6.07, 6.45) is 3.60. The van der Waals surface area contributed by atoms with Crippen LogP contribution in [-0.4, -0.2) is 60.8 Å². The largest absolute Gasteiger partial charge is 0.491 e. The monoisotopic (exact) mass is 422 g/mol. The number of piperidine rings is 1. The Morgan fingerprint density at radius 3 is 2.72 bits per heavy atom. The van der Waals surface area contributed by atoms with Crippen molar-refractivity contribution in [3.63, 3.8) is 0 Å². The summed E-state index contributed by atoms with van der Waals surface area (Å²) in [6.45, 7) is 5.18. The molecule has 0 spiro atoms. The summed E-state index contributed by atoms with van der Waals surface area (Å²) in [6, 6.07) is 7.88. The van der Waals surface area contributed by atoms with Crippen LogP contribution in [0.5, 0.6) is 5.75 Å². The molecule has 0 aliphatic carbocycles. The number of sulfonamides is 1. The molecule has 0 unspecified atom stereocenters. The number of ether oxygens (including phenoxy) is 1. The second-order valence-corrected chi connectivity index (χ2v) is 9.26. The van der Waals surface area contributed by atoms with Crippen molar-refractivity contribution in [2.75, 3.05) is 32.8 Å². The Balaban J connectivity index is 1.51. The maximum Gasteiger partial charge on any atom is 0.259 e. The lowest BCUT2D eigenvalue weighted by atomic mass is 9.98. The van der Waals surface area contributed by atoms with Gasteiger partial charge in [0.05, 0.1) is 6.61 Å². The first kappa shape index (κ1) is 21.8. The predicted octanol–water partition coefficient (Wildman–Crippen LogP) is 1.29. The van der Waals surface area contributed by atoms with Crippen molar-refractivity contribution in [2.24, 2.45) is 13.0 Å². The summed E-state index contributed by atoms with van der Waals surface area (Å²) in [5.41, 5.74) is 1.19. The molecule has 1 aliphatic heterocycles. The number of aromatic nitrogens is 2. The topological polar surface area (TPSA) is 96.7 Å². The first-order valence-electron chi connectivity index (χ1n) is 9.92. The Labute approximate surface area is 172 Å². The maximum absolute atomic E-state index is 12.5. The molecule has 1 aromatic heterocycles. The van der Waals surface area contributed by atoms with E-state index >= 15 is 0 Å². The van der Waals surface area contributed by atoms with Crippen LogP contribution in [0.1, 0.15) is 24.2 Å². The van der Waals surface area contributed by atoms with Crippen LogP contribution >= 0.6 is 0 Å². The van der Waals surface area contributed by atoms with E-state index in [1.165, 1.54) is 5.56 Å². The molecule has 2 aromatic rings. The zero-order valence-electron chi connectivity index (χ0n) is 17.0. The SMILES string of the molecule is Cc1nc(S(=O)(=O)NC[C@@H]2CCCN(Cc3ccc(OCCO)cc3)C2)cn1C. The maximum atomic E-state index is 12.5. The van der Waals surface area contributed by atoms with Crippen LogP contribution in [0.4, 0.5) is 0 Å². The summed E-state index contributed by atoms with van der Waals surface area (Å²) in [7, 11) is -1.80. The summed E-state index contributed by atoms with van der Waals surface area (Å²) < 4.78 is 34.8. The number of aliphatic hydroxyl groups excluding tert-OH is 1. The normalized spacial score (nSPS) is 18.1. The summed E-state index contributed by atoms with van der Waals surface area (Å²) in [4.78, 5) is 6.48. The Hall–Kier alpha value is -1.94. The summed E-state index contributed by atoms with van der Waals surface area (Å²) in [5.74, 6) is 1.69.